The van der Waals surface area contributed by atoms with Gasteiger partial charge in [-0.1, -0.05) is 37.0 Å². The third-order valence-electron chi connectivity index (χ3n) is 2.79. The van der Waals surface area contributed by atoms with Crippen molar-refractivity contribution in [3.63, 3.8) is 0 Å². The van der Waals surface area contributed by atoms with Gasteiger partial charge in [0.1, 0.15) is 17.4 Å². The summed E-state index contributed by atoms with van der Waals surface area (Å²) in [6, 6.07) is 3.95. The van der Waals surface area contributed by atoms with Gasteiger partial charge in [-0.05, 0) is 19.1 Å². The highest BCUT2D eigenvalue weighted by molar-refractivity contribution is 7.09. The Morgan fingerprint density at radius 2 is 2.10 bits per heavy atom. The van der Waals surface area contributed by atoms with E-state index in [-0.39, 0.29) is 0 Å². The maximum atomic E-state index is 6.27. The molecule has 6 heteroatoms. The predicted octanol–water partition coefficient (Wildman–Crippen LogP) is 4.84. The molecule has 0 aliphatic rings. The van der Waals surface area contributed by atoms with E-state index < -0.39 is 0 Å². The molecule has 1 N–H and O–H groups in total. The van der Waals surface area contributed by atoms with E-state index in [1.807, 2.05) is 18.4 Å². The van der Waals surface area contributed by atoms with Crippen LogP contribution in [0.3, 0.4) is 0 Å². The van der Waals surface area contributed by atoms with E-state index in [2.05, 4.69) is 24.1 Å². The summed E-state index contributed by atoms with van der Waals surface area (Å²) in [5.41, 5.74) is 1.96. The quantitative estimate of drug-likeness (QED) is 0.814. The van der Waals surface area contributed by atoms with Crippen molar-refractivity contribution < 1.29 is 4.74 Å². The van der Waals surface area contributed by atoms with Gasteiger partial charge in [-0.2, -0.15) is 0 Å². The van der Waals surface area contributed by atoms with Gasteiger partial charge in [-0.3, -0.25) is 0 Å². The third kappa shape index (κ3) is 4.85. The highest BCUT2D eigenvalue weighted by Crippen LogP contribution is 2.33. The highest BCUT2D eigenvalue weighted by Gasteiger charge is 2.12. The first-order valence-electron chi connectivity index (χ1n) is 6.71. The van der Waals surface area contributed by atoms with Crippen molar-refractivity contribution in [2.24, 2.45) is 0 Å². The predicted molar refractivity (Wildman–Crippen MR) is 89.6 cm³/mol. The van der Waals surface area contributed by atoms with Gasteiger partial charge >= 0.3 is 0 Å². The summed E-state index contributed by atoms with van der Waals surface area (Å²) in [7, 11) is 0. The number of rotatable bonds is 6. The molecule has 0 amide bonds. The molecule has 114 valence electrons. The zero-order valence-electron chi connectivity index (χ0n) is 12.2. The lowest BCUT2D eigenvalue weighted by Crippen LogP contribution is -2.22. The van der Waals surface area contributed by atoms with E-state index in [9.17, 15) is 0 Å². The molecule has 0 unspecified atom stereocenters. The van der Waals surface area contributed by atoms with Crippen LogP contribution < -0.4 is 10.1 Å². The molecule has 0 saturated heterocycles. The lowest BCUT2D eigenvalue weighted by molar-refractivity contribution is 0.301. The number of hydrogen-bond acceptors (Lipinski definition) is 4. The standard InChI is InChI=1S/C15H18Cl2N2OS/c1-9(2)18-6-11-4-12(16)5-13(17)15(11)20-7-14-19-10(3)8-21-14/h4-5,8-9,18H,6-7H2,1-3H3. The van der Waals surface area contributed by atoms with Crippen LogP contribution in [0.4, 0.5) is 0 Å². The van der Waals surface area contributed by atoms with E-state index in [4.69, 9.17) is 27.9 Å². The van der Waals surface area contributed by atoms with Gasteiger partial charge in [-0.15, -0.1) is 11.3 Å². The first-order chi connectivity index (χ1) is 9.95. The molecule has 0 bridgehead atoms. The smallest absolute Gasteiger partial charge is 0.143 e. The average Bonchev–Trinajstić information content (AvgIpc) is 2.80. The van der Waals surface area contributed by atoms with Gasteiger partial charge in [0.25, 0.3) is 0 Å². The maximum Gasteiger partial charge on any atom is 0.143 e. The fourth-order valence-corrected chi connectivity index (χ4v) is 3.10. The van der Waals surface area contributed by atoms with Crippen molar-refractivity contribution in [3.8, 4) is 5.75 Å². The molecule has 0 aliphatic carbocycles. The largest absolute Gasteiger partial charge is 0.485 e. The third-order valence-corrected chi connectivity index (χ3v) is 4.23. The van der Waals surface area contributed by atoms with Crippen LogP contribution in [0, 0.1) is 6.92 Å². The fraction of sp³-hybridized carbons (Fsp3) is 0.400. The average molecular weight is 345 g/mol. The Hall–Kier alpha value is -0.810. The molecule has 0 spiro atoms. The fourth-order valence-electron chi connectivity index (χ4n) is 1.82. The lowest BCUT2D eigenvalue weighted by atomic mass is 10.2. The van der Waals surface area contributed by atoms with Crippen LogP contribution in [-0.4, -0.2) is 11.0 Å². The first-order valence-corrected chi connectivity index (χ1v) is 8.34. The van der Waals surface area contributed by atoms with Gasteiger partial charge < -0.3 is 10.1 Å². The number of aryl methyl sites for hydroxylation is 1. The van der Waals surface area contributed by atoms with Crippen molar-refractivity contribution in [3.05, 3.63) is 43.8 Å². The molecule has 21 heavy (non-hydrogen) atoms. The van der Waals surface area contributed by atoms with Crippen molar-refractivity contribution >= 4 is 34.5 Å². The Bertz CT molecular complexity index is 614. The molecule has 3 nitrogen and oxygen atoms in total. The first kappa shape index (κ1) is 16.6. The van der Waals surface area contributed by atoms with E-state index in [1.54, 1.807) is 17.4 Å². The van der Waals surface area contributed by atoms with E-state index in [0.29, 0.717) is 35.0 Å². The van der Waals surface area contributed by atoms with Crippen LogP contribution in [-0.2, 0) is 13.2 Å². The number of hydrogen-bond donors (Lipinski definition) is 1. The summed E-state index contributed by atoms with van der Waals surface area (Å²) in [5, 5.41) is 7.42. The van der Waals surface area contributed by atoms with Gasteiger partial charge in [-0.25, -0.2) is 4.98 Å². The van der Waals surface area contributed by atoms with Crippen LogP contribution in [0.15, 0.2) is 17.5 Å². The molecule has 0 aliphatic heterocycles. The topological polar surface area (TPSA) is 34.1 Å². The number of thiazole rings is 1. The SMILES string of the molecule is Cc1csc(COc2c(Cl)cc(Cl)cc2CNC(C)C)n1. The molecule has 1 aromatic carbocycles. The highest BCUT2D eigenvalue weighted by atomic mass is 35.5. The van der Waals surface area contributed by atoms with Crippen molar-refractivity contribution in [1.29, 1.82) is 0 Å². The summed E-state index contributed by atoms with van der Waals surface area (Å²) >= 11 is 13.9. The van der Waals surface area contributed by atoms with Crippen molar-refractivity contribution in [2.45, 2.75) is 40.0 Å². The second-order valence-electron chi connectivity index (χ2n) is 5.08. The molecular formula is C15H18Cl2N2OS. The molecular weight excluding hydrogens is 327 g/mol. The Morgan fingerprint density at radius 1 is 1.33 bits per heavy atom. The minimum absolute atomic E-state index is 0.372. The Balaban J connectivity index is 2.15. The maximum absolute atomic E-state index is 6.27. The van der Waals surface area contributed by atoms with Crippen molar-refractivity contribution in [1.82, 2.24) is 10.3 Å². The van der Waals surface area contributed by atoms with Crippen LogP contribution in [0.2, 0.25) is 10.0 Å². The van der Waals surface area contributed by atoms with E-state index in [0.717, 1.165) is 16.3 Å². The summed E-state index contributed by atoms with van der Waals surface area (Å²) in [6.07, 6.45) is 0. The second kappa shape index (κ2) is 7.45. The summed E-state index contributed by atoms with van der Waals surface area (Å²) < 4.78 is 5.87. The Labute approximate surface area is 139 Å². The van der Waals surface area contributed by atoms with Gasteiger partial charge in [0.05, 0.1) is 5.02 Å². The van der Waals surface area contributed by atoms with E-state index in [1.165, 1.54) is 0 Å². The van der Waals surface area contributed by atoms with Gasteiger partial charge in [0.2, 0.25) is 0 Å². The second-order valence-corrected chi connectivity index (χ2v) is 6.87. The molecule has 0 radical (unpaired) electrons. The van der Waals surface area contributed by atoms with Gasteiger partial charge in [0.15, 0.2) is 0 Å². The molecule has 2 aromatic rings. The van der Waals surface area contributed by atoms with Crippen LogP contribution in [0.25, 0.3) is 0 Å². The molecule has 0 atom stereocenters. The number of halogens is 2. The monoisotopic (exact) mass is 344 g/mol. The Morgan fingerprint density at radius 3 is 2.71 bits per heavy atom. The molecule has 1 heterocycles. The summed E-state index contributed by atoms with van der Waals surface area (Å²) in [6.45, 7) is 7.21. The Kier molecular flexibility index (Phi) is 5.88. The molecule has 0 fully saturated rings. The van der Waals surface area contributed by atoms with Crippen LogP contribution >= 0.6 is 34.5 Å². The minimum Gasteiger partial charge on any atom is -0.485 e. The number of nitrogens with zero attached hydrogens (tertiary/aromatic N) is 1. The minimum atomic E-state index is 0.372. The normalized spacial score (nSPS) is 11.1. The zero-order valence-corrected chi connectivity index (χ0v) is 14.6. The number of aromatic nitrogens is 1. The lowest BCUT2D eigenvalue weighted by Gasteiger charge is -2.15. The molecule has 2 rings (SSSR count). The number of benzene rings is 1. The summed E-state index contributed by atoms with van der Waals surface area (Å²) in [4.78, 5) is 4.39. The number of ether oxygens (including phenoxy) is 1. The zero-order chi connectivity index (χ0) is 15.4. The van der Waals surface area contributed by atoms with Crippen LogP contribution in [0.5, 0.6) is 5.75 Å². The molecule has 0 saturated carbocycles. The summed E-state index contributed by atoms with van der Waals surface area (Å²) in [5.74, 6) is 0.669. The van der Waals surface area contributed by atoms with Crippen LogP contribution in [0.1, 0.15) is 30.1 Å². The van der Waals surface area contributed by atoms with Crippen molar-refractivity contribution in [2.75, 3.05) is 0 Å². The van der Waals surface area contributed by atoms with E-state index >= 15 is 0 Å². The molecule has 1 aromatic heterocycles. The number of nitrogens with one attached hydrogen (secondary N) is 1. The van der Waals surface area contributed by atoms with Gasteiger partial charge in [0, 0.05) is 34.2 Å².